The van der Waals surface area contributed by atoms with E-state index < -0.39 is 0 Å². The van der Waals surface area contributed by atoms with Gasteiger partial charge in [-0.15, -0.1) is 0 Å². The predicted molar refractivity (Wildman–Crippen MR) is 85.2 cm³/mol. The highest BCUT2D eigenvalue weighted by Crippen LogP contribution is 2.27. The van der Waals surface area contributed by atoms with E-state index in [2.05, 4.69) is 23.5 Å². The van der Waals surface area contributed by atoms with Gasteiger partial charge < -0.3 is 14.9 Å². The fraction of sp³-hybridized carbons (Fsp3) is 0.235. The van der Waals surface area contributed by atoms with Gasteiger partial charge in [-0.3, -0.25) is 0 Å². The highest BCUT2D eigenvalue weighted by molar-refractivity contribution is 5.81. The lowest BCUT2D eigenvalue weighted by molar-refractivity contribution is 0.354. The van der Waals surface area contributed by atoms with Crippen LogP contribution >= 0.6 is 0 Å². The second-order valence-corrected chi connectivity index (χ2v) is 4.64. The van der Waals surface area contributed by atoms with Gasteiger partial charge in [0.1, 0.15) is 0 Å². The molecule has 4 heteroatoms. The molecule has 0 saturated heterocycles. The number of hydrazone groups is 1. The van der Waals surface area contributed by atoms with Crippen molar-refractivity contribution >= 4 is 6.21 Å². The summed E-state index contributed by atoms with van der Waals surface area (Å²) in [6.45, 7) is 2.69. The molecule has 2 aromatic carbocycles. The minimum absolute atomic E-state index is 0.628. The summed E-state index contributed by atoms with van der Waals surface area (Å²) in [5.41, 5.74) is 6.43. The van der Waals surface area contributed by atoms with Crippen molar-refractivity contribution in [1.29, 1.82) is 0 Å². The Kier molecular flexibility index (Phi) is 5.21. The summed E-state index contributed by atoms with van der Waals surface area (Å²) < 4.78 is 10.5. The van der Waals surface area contributed by atoms with E-state index in [1.807, 2.05) is 42.6 Å². The van der Waals surface area contributed by atoms with Crippen molar-refractivity contribution in [2.75, 3.05) is 14.2 Å². The van der Waals surface area contributed by atoms with Crippen molar-refractivity contribution < 1.29 is 9.47 Å². The number of methoxy groups -OCH3 is 2. The van der Waals surface area contributed by atoms with Crippen LogP contribution in [0.1, 0.15) is 16.7 Å². The minimum atomic E-state index is 0.628. The van der Waals surface area contributed by atoms with Gasteiger partial charge in [0.2, 0.25) is 0 Å². The zero-order valence-corrected chi connectivity index (χ0v) is 12.6. The van der Waals surface area contributed by atoms with E-state index in [0.29, 0.717) is 6.54 Å². The Balaban J connectivity index is 1.96. The van der Waals surface area contributed by atoms with Gasteiger partial charge in [-0.1, -0.05) is 30.3 Å². The molecular formula is C17H20N2O2. The minimum Gasteiger partial charge on any atom is -0.493 e. The molecular weight excluding hydrogens is 264 g/mol. The van der Waals surface area contributed by atoms with E-state index in [1.54, 1.807) is 14.2 Å². The van der Waals surface area contributed by atoms with Crippen LogP contribution in [0.2, 0.25) is 0 Å². The summed E-state index contributed by atoms with van der Waals surface area (Å²) in [7, 11) is 3.26. The third-order valence-corrected chi connectivity index (χ3v) is 3.21. The van der Waals surface area contributed by atoms with Gasteiger partial charge in [0.05, 0.1) is 27.0 Å². The topological polar surface area (TPSA) is 42.8 Å². The molecule has 0 bridgehead atoms. The van der Waals surface area contributed by atoms with Gasteiger partial charge in [0.15, 0.2) is 11.5 Å². The first kappa shape index (κ1) is 14.9. The summed E-state index contributed by atoms with van der Waals surface area (Å²) in [6.07, 6.45) is 1.83. The standard InChI is InChI=1S/C17H20N2O2/c1-13-6-4-5-7-15(13)12-19-18-11-14-8-9-16(20-2)17(10-14)21-3/h4-10,12,18H,11H2,1-3H3/b19-12-. The molecule has 1 N–H and O–H groups in total. The Bertz CT molecular complexity index is 624. The largest absolute Gasteiger partial charge is 0.493 e. The van der Waals surface area contributed by atoms with Crippen LogP contribution in [0.25, 0.3) is 0 Å². The third-order valence-electron chi connectivity index (χ3n) is 3.21. The lowest BCUT2D eigenvalue weighted by atomic mass is 10.1. The zero-order valence-electron chi connectivity index (χ0n) is 12.6. The summed E-state index contributed by atoms with van der Waals surface area (Å²) in [4.78, 5) is 0. The molecule has 0 spiro atoms. The number of aryl methyl sites for hydroxylation is 1. The maximum absolute atomic E-state index is 5.28. The Morgan fingerprint density at radius 3 is 2.52 bits per heavy atom. The van der Waals surface area contributed by atoms with Crippen LogP contribution in [0.3, 0.4) is 0 Å². The van der Waals surface area contributed by atoms with Gasteiger partial charge in [-0.2, -0.15) is 5.10 Å². The van der Waals surface area contributed by atoms with Crippen LogP contribution in [-0.2, 0) is 6.54 Å². The van der Waals surface area contributed by atoms with Crippen LogP contribution in [0.5, 0.6) is 11.5 Å². The first-order valence-electron chi connectivity index (χ1n) is 6.77. The highest BCUT2D eigenvalue weighted by Gasteiger charge is 2.03. The fourth-order valence-electron chi connectivity index (χ4n) is 1.97. The second kappa shape index (κ2) is 7.33. The number of benzene rings is 2. The number of rotatable bonds is 6. The SMILES string of the molecule is COc1ccc(CN/N=C\c2ccccc2C)cc1OC. The maximum atomic E-state index is 5.28. The normalized spacial score (nSPS) is 10.6. The van der Waals surface area contributed by atoms with Gasteiger partial charge in [-0.05, 0) is 35.7 Å². The molecule has 21 heavy (non-hydrogen) atoms. The monoisotopic (exact) mass is 284 g/mol. The van der Waals surface area contributed by atoms with Crippen molar-refractivity contribution in [3.63, 3.8) is 0 Å². The lowest BCUT2D eigenvalue weighted by Gasteiger charge is -2.09. The van der Waals surface area contributed by atoms with Crippen LogP contribution in [-0.4, -0.2) is 20.4 Å². The number of hydrogen-bond donors (Lipinski definition) is 1. The fourth-order valence-corrected chi connectivity index (χ4v) is 1.97. The maximum Gasteiger partial charge on any atom is 0.161 e. The molecule has 0 saturated carbocycles. The van der Waals surface area contributed by atoms with Crippen molar-refractivity contribution in [1.82, 2.24) is 5.43 Å². The molecule has 0 amide bonds. The summed E-state index contributed by atoms with van der Waals surface area (Å²) in [5, 5.41) is 4.25. The second-order valence-electron chi connectivity index (χ2n) is 4.64. The van der Waals surface area contributed by atoms with E-state index in [9.17, 15) is 0 Å². The van der Waals surface area contributed by atoms with E-state index in [-0.39, 0.29) is 0 Å². The van der Waals surface area contributed by atoms with Crippen LogP contribution < -0.4 is 14.9 Å². The number of ether oxygens (including phenoxy) is 2. The van der Waals surface area contributed by atoms with Crippen molar-refractivity contribution in [3.05, 3.63) is 59.2 Å². The Morgan fingerprint density at radius 2 is 1.81 bits per heavy atom. The average molecular weight is 284 g/mol. The number of hydrogen-bond acceptors (Lipinski definition) is 4. The van der Waals surface area contributed by atoms with Crippen molar-refractivity contribution in [3.8, 4) is 11.5 Å². The first-order valence-corrected chi connectivity index (χ1v) is 6.77. The van der Waals surface area contributed by atoms with Gasteiger partial charge in [-0.25, -0.2) is 0 Å². The first-order chi connectivity index (χ1) is 10.2. The molecule has 4 nitrogen and oxygen atoms in total. The quantitative estimate of drug-likeness (QED) is 0.654. The van der Waals surface area contributed by atoms with Gasteiger partial charge in [0.25, 0.3) is 0 Å². The van der Waals surface area contributed by atoms with Crippen molar-refractivity contribution in [2.24, 2.45) is 5.10 Å². The summed E-state index contributed by atoms with van der Waals surface area (Å²) in [5.74, 6) is 1.45. The van der Waals surface area contributed by atoms with E-state index in [4.69, 9.17) is 9.47 Å². The van der Waals surface area contributed by atoms with Crippen molar-refractivity contribution in [2.45, 2.75) is 13.5 Å². The van der Waals surface area contributed by atoms with Crippen LogP contribution in [0, 0.1) is 6.92 Å². The molecule has 0 aliphatic heterocycles. The predicted octanol–water partition coefficient (Wildman–Crippen LogP) is 3.14. The average Bonchev–Trinajstić information content (AvgIpc) is 2.52. The molecule has 0 aromatic heterocycles. The van der Waals surface area contributed by atoms with E-state index >= 15 is 0 Å². The lowest BCUT2D eigenvalue weighted by Crippen LogP contribution is -2.06. The molecule has 110 valence electrons. The van der Waals surface area contributed by atoms with Crippen LogP contribution in [0.15, 0.2) is 47.6 Å². The molecule has 0 aliphatic carbocycles. The molecule has 0 radical (unpaired) electrons. The number of nitrogens with one attached hydrogen (secondary N) is 1. The van der Waals surface area contributed by atoms with Crippen LogP contribution in [0.4, 0.5) is 0 Å². The summed E-state index contributed by atoms with van der Waals surface area (Å²) in [6, 6.07) is 13.9. The zero-order chi connectivity index (χ0) is 15.1. The third kappa shape index (κ3) is 3.99. The molecule has 0 heterocycles. The molecule has 0 unspecified atom stereocenters. The molecule has 2 rings (SSSR count). The molecule has 2 aromatic rings. The smallest absolute Gasteiger partial charge is 0.161 e. The van der Waals surface area contributed by atoms with E-state index in [0.717, 1.165) is 22.6 Å². The summed E-state index contributed by atoms with van der Waals surface area (Å²) >= 11 is 0. The van der Waals surface area contributed by atoms with Gasteiger partial charge in [0, 0.05) is 0 Å². The van der Waals surface area contributed by atoms with Gasteiger partial charge >= 0.3 is 0 Å². The Hall–Kier alpha value is -2.49. The highest BCUT2D eigenvalue weighted by atomic mass is 16.5. The Labute approximate surface area is 125 Å². The molecule has 0 fully saturated rings. The number of nitrogens with zero attached hydrogens (tertiary/aromatic N) is 1. The Morgan fingerprint density at radius 1 is 1.05 bits per heavy atom. The molecule has 0 atom stereocenters. The molecule has 0 aliphatic rings. The van der Waals surface area contributed by atoms with E-state index in [1.165, 1.54) is 5.56 Å².